The summed E-state index contributed by atoms with van der Waals surface area (Å²) in [6.07, 6.45) is 5.61. The summed E-state index contributed by atoms with van der Waals surface area (Å²) in [4.78, 5) is 24.0. The summed E-state index contributed by atoms with van der Waals surface area (Å²) in [6.45, 7) is 7.54. The second kappa shape index (κ2) is 9.86. The second-order valence-electron chi connectivity index (χ2n) is 8.04. The fourth-order valence-corrected chi connectivity index (χ4v) is 4.32. The number of aromatic nitrogens is 3. The SMILES string of the molecule is CCn1ccc2ccc(-c3nnc(N4CCN5CCC4CC5)o3)cc21.O=C(O)/C=C/C(=O)O. The Labute approximate surface area is 190 Å². The zero-order valence-corrected chi connectivity index (χ0v) is 18.4. The highest BCUT2D eigenvalue weighted by molar-refractivity contribution is 5.89. The number of nitrogens with zero attached hydrogens (tertiary/aromatic N) is 5. The first-order valence-corrected chi connectivity index (χ1v) is 11.0. The number of carboxylic acid groups (broad SMARTS) is 2. The van der Waals surface area contributed by atoms with Crippen molar-refractivity contribution in [1.82, 2.24) is 19.7 Å². The largest absolute Gasteiger partial charge is 0.478 e. The van der Waals surface area contributed by atoms with Gasteiger partial charge in [-0.2, -0.15) is 0 Å². The maximum absolute atomic E-state index is 9.55. The number of aryl methyl sites for hydroxylation is 1. The van der Waals surface area contributed by atoms with E-state index >= 15 is 0 Å². The fraction of sp³-hybridized carbons (Fsp3) is 0.391. The van der Waals surface area contributed by atoms with Gasteiger partial charge in [-0.15, -0.1) is 5.10 Å². The van der Waals surface area contributed by atoms with Crippen molar-refractivity contribution < 1.29 is 24.2 Å². The van der Waals surface area contributed by atoms with Crippen LogP contribution in [-0.4, -0.2) is 74.0 Å². The predicted molar refractivity (Wildman–Crippen MR) is 122 cm³/mol. The van der Waals surface area contributed by atoms with Gasteiger partial charge in [0.1, 0.15) is 0 Å². The third kappa shape index (κ3) is 5.23. The zero-order chi connectivity index (χ0) is 23.4. The summed E-state index contributed by atoms with van der Waals surface area (Å²) in [5.74, 6) is -1.90. The van der Waals surface area contributed by atoms with Crippen LogP contribution in [0, 0.1) is 0 Å². The van der Waals surface area contributed by atoms with E-state index in [1.54, 1.807) is 0 Å². The molecule has 3 saturated heterocycles. The number of hydrogen-bond donors (Lipinski definition) is 2. The molecule has 174 valence electrons. The molecule has 5 heterocycles. The van der Waals surface area contributed by atoms with E-state index < -0.39 is 11.9 Å². The Morgan fingerprint density at radius 3 is 2.45 bits per heavy atom. The van der Waals surface area contributed by atoms with Gasteiger partial charge < -0.3 is 29.0 Å². The van der Waals surface area contributed by atoms with Gasteiger partial charge in [0.05, 0.1) is 0 Å². The normalized spacial score (nSPS) is 20.0. The maximum Gasteiger partial charge on any atom is 0.328 e. The summed E-state index contributed by atoms with van der Waals surface area (Å²) in [5, 5.41) is 25.6. The van der Waals surface area contributed by atoms with Crippen molar-refractivity contribution >= 4 is 28.9 Å². The third-order valence-corrected chi connectivity index (χ3v) is 6.05. The first kappa shape index (κ1) is 22.5. The van der Waals surface area contributed by atoms with Gasteiger partial charge in [0.15, 0.2) is 0 Å². The zero-order valence-electron chi connectivity index (χ0n) is 18.4. The first-order chi connectivity index (χ1) is 15.9. The molecule has 3 fully saturated rings. The Morgan fingerprint density at radius 2 is 1.79 bits per heavy atom. The van der Waals surface area contributed by atoms with Crippen molar-refractivity contribution in [2.24, 2.45) is 0 Å². The molecule has 1 aromatic carbocycles. The van der Waals surface area contributed by atoms with E-state index in [2.05, 4.69) is 62.0 Å². The van der Waals surface area contributed by atoms with Crippen LogP contribution in [-0.2, 0) is 16.1 Å². The van der Waals surface area contributed by atoms with Crippen LogP contribution < -0.4 is 4.90 Å². The standard InChI is InChI=1S/C19H23N5O.C4H4O4/c1-2-23-10-5-14-3-4-15(13-17(14)23)18-20-21-19(25-18)24-12-11-22-8-6-16(24)7-9-22;5-3(6)1-2-4(7)8/h3-5,10,13,16H,2,6-9,11-12H2,1H3;1-2H,(H,5,6)(H,7,8)/b;2-1+. The Morgan fingerprint density at radius 1 is 1.06 bits per heavy atom. The molecule has 0 atom stereocenters. The number of anilines is 1. The van der Waals surface area contributed by atoms with Crippen LogP contribution in [0.2, 0.25) is 0 Å². The Balaban J connectivity index is 0.000000281. The van der Waals surface area contributed by atoms with Gasteiger partial charge in [0.25, 0.3) is 0 Å². The van der Waals surface area contributed by atoms with Crippen LogP contribution in [0.15, 0.2) is 47.0 Å². The highest BCUT2D eigenvalue weighted by atomic mass is 16.4. The molecule has 3 aliphatic rings. The van der Waals surface area contributed by atoms with Crippen LogP contribution in [0.3, 0.4) is 0 Å². The lowest BCUT2D eigenvalue weighted by atomic mass is 10.1. The lowest BCUT2D eigenvalue weighted by molar-refractivity contribution is -0.134. The van der Waals surface area contributed by atoms with Crippen molar-refractivity contribution in [1.29, 1.82) is 0 Å². The minimum Gasteiger partial charge on any atom is -0.478 e. The van der Waals surface area contributed by atoms with Gasteiger partial charge in [-0.05, 0) is 43.4 Å². The smallest absolute Gasteiger partial charge is 0.328 e. The summed E-state index contributed by atoms with van der Waals surface area (Å²) < 4.78 is 8.32. The van der Waals surface area contributed by atoms with Gasteiger partial charge in [-0.1, -0.05) is 11.2 Å². The number of benzene rings is 1. The van der Waals surface area contributed by atoms with Gasteiger partial charge in [0.2, 0.25) is 5.89 Å². The van der Waals surface area contributed by atoms with Crippen LogP contribution in [0.4, 0.5) is 6.01 Å². The molecule has 10 heteroatoms. The van der Waals surface area contributed by atoms with Crippen LogP contribution >= 0.6 is 0 Å². The lowest BCUT2D eigenvalue weighted by Gasteiger charge is -2.29. The average molecular weight is 453 g/mol. The number of carbonyl (C=O) groups is 2. The van der Waals surface area contributed by atoms with Crippen LogP contribution in [0.1, 0.15) is 19.8 Å². The summed E-state index contributed by atoms with van der Waals surface area (Å²) in [5.41, 5.74) is 2.20. The molecule has 0 spiro atoms. The molecule has 0 radical (unpaired) electrons. The number of rotatable bonds is 5. The van der Waals surface area contributed by atoms with Crippen molar-refractivity contribution in [2.75, 3.05) is 31.1 Å². The van der Waals surface area contributed by atoms with Crippen molar-refractivity contribution in [3.8, 4) is 11.5 Å². The Bertz CT molecular complexity index is 1140. The lowest BCUT2D eigenvalue weighted by Crippen LogP contribution is -2.38. The minimum atomic E-state index is -1.26. The summed E-state index contributed by atoms with van der Waals surface area (Å²) in [6, 6.07) is 9.70. The molecule has 6 rings (SSSR count). The molecule has 2 aromatic heterocycles. The maximum atomic E-state index is 9.55. The molecule has 33 heavy (non-hydrogen) atoms. The van der Waals surface area contributed by atoms with E-state index in [-0.39, 0.29) is 0 Å². The molecule has 0 saturated carbocycles. The third-order valence-electron chi connectivity index (χ3n) is 6.05. The molecular weight excluding hydrogens is 426 g/mol. The Kier molecular flexibility index (Phi) is 6.74. The quantitative estimate of drug-likeness (QED) is 0.561. The first-order valence-electron chi connectivity index (χ1n) is 11.0. The molecule has 3 aromatic rings. The van der Waals surface area contributed by atoms with Crippen LogP contribution in [0.25, 0.3) is 22.4 Å². The predicted octanol–water partition coefficient (Wildman–Crippen LogP) is 2.71. The van der Waals surface area contributed by atoms with Crippen LogP contribution in [0.5, 0.6) is 0 Å². The number of fused-ring (bicyclic) bond motifs is 5. The van der Waals surface area contributed by atoms with E-state index in [1.807, 2.05) is 0 Å². The van der Waals surface area contributed by atoms with E-state index in [0.717, 1.165) is 25.2 Å². The molecule has 0 aliphatic carbocycles. The van der Waals surface area contributed by atoms with E-state index in [1.165, 1.54) is 36.8 Å². The monoisotopic (exact) mass is 453 g/mol. The number of carboxylic acids is 2. The molecule has 2 N–H and O–H groups in total. The van der Waals surface area contributed by atoms with Gasteiger partial charge in [0, 0.05) is 68.2 Å². The molecule has 2 bridgehead atoms. The van der Waals surface area contributed by atoms with Crippen molar-refractivity contribution in [3.05, 3.63) is 42.6 Å². The molecule has 10 nitrogen and oxygen atoms in total. The van der Waals surface area contributed by atoms with Gasteiger partial charge >= 0.3 is 18.0 Å². The van der Waals surface area contributed by atoms with Crippen molar-refractivity contribution in [2.45, 2.75) is 32.4 Å². The molecule has 0 amide bonds. The number of aliphatic carboxylic acids is 2. The van der Waals surface area contributed by atoms with E-state index in [9.17, 15) is 9.59 Å². The highest BCUT2D eigenvalue weighted by Crippen LogP contribution is 2.30. The minimum absolute atomic E-state index is 0.534. The van der Waals surface area contributed by atoms with E-state index in [0.29, 0.717) is 30.1 Å². The molecular formula is C23H27N5O5. The topological polar surface area (TPSA) is 125 Å². The average Bonchev–Trinajstić information content (AvgIpc) is 3.36. The number of hydrogen-bond acceptors (Lipinski definition) is 7. The van der Waals surface area contributed by atoms with Gasteiger partial charge in [-0.3, -0.25) is 0 Å². The molecule has 0 unspecified atom stereocenters. The Hall–Kier alpha value is -3.66. The fourth-order valence-electron chi connectivity index (χ4n) is 4.32. The molecule has 3 aliphatic heterocycles. The summed E-state index contributed by atoms with van der Waals surface area (Å²) in [7, 11) is 0. The highest BCUT2D eigenvalue weighted by Gasteiger charge is 2.31. The number of piperidine rings is 1. The second-order valence-corrected chi connectivity index (χ2v) is 8.04. The van der Waals surface area contributed by atoms with Gasteiger partial charge in [-0.25, -0.2) is 9.59 Å². The van der Waals surface area contributed by atoms with E-state index in [4.69, 9.17) is 14.6 Å². The summed E-state index contributed by atoms with van der Waals surface area (Å²) >= 11 is 0. The van der Waals surface area contributed by atoms with Crippen molar-refractivity contribution in [3.63, 3.8) is 0 Å².